The van der Waals surface area contributed by atoms with Crippen LogP contribution in [0.1, 0.15) is 12.8 Å². The number of carboxylic acids is 1. The van der Waals surface area contributed by atoms with E-state index in [9.17, 15) is 9.90 Å². The molecule has 3 atom stereocenters. The second-order valence-electron chi connectivity index (χ2n) is 4.25. The minimum Gasteiger partial charge on any atom is -0.479 e. The monoisotopic (exact) mass is 222 g/mol. The first-order valence-electron chi connectivity index (χ1n) is 5.31. The highest BCUT2D eigenvalue weighted by Gasteiger charge is 2.47. The molecule has 2 aliphatic rings. The van der Waals surface area contributed by atoms with Gasteiger partial charge in [-0.05, 0) is 18.9 Å². The molecule has 0 saturated carbocycles. The number of carboxylic acid groups (broad SMARTS) is 1. The van der Waals surface area contributed by atoms with Crippen molar-refractivity contribution in [3.8, 4) is 6.07 Å². The van der Waals surface area contributed by atoms with Crippen LogP contribution in [0.4, 0.5) is 0 Å². The van der Waals surface area contributed by atoms with E-state index < -0.39 is 11.5 Å². The molecule has 0 aliphatic carbocycles. The van der Waals surface area contributed by atoms with Gasteiger partial charge in [0.05, 0.1) is 12.2 Å². The molecule has 0 aromatic carbocycles. The van der Waals surface area contributed by atoms with E-state index >= 15 is 0 Å². The summed E-state index contributed by atoms with van der Waals surface area (Å²) in [5, 5.41) is 18.3. The van der Waals surface area contributed by atoms with Gasteiger partial charge in [0.15, 0.2) is 0 Å². The zero-order valence-electron chi connectivity index (χ0n) is 8.93. The van der Waals surface area contributed by atoms with E-state index in [-0.39, 0.29) is 12.2 Å². The summed E-state index contributed by atoms with van der Waals surface area (Å²) in [4.78, 5) is 12.9. The lowest BCUT2D eigenvalue weighted by Crippen LogP contribution is -2.58. The maximum Gasteiger partial charge on any atom is 0.343 e. The molecule has 2 saturated heterocycles. The van der Waals surface area contributed by atoms with Crippen molar-refractivity contribution in [3.05, 3.63) is 12.7 Å². The van der Waals surface area contributed by atoms with Crippen LogP contribution in [0.25, 0.3) is 0 Å². The fourth-order valence-corrected chi connectivity index (χ4v) is 2.42. The lowest BCUT2D eigenvalue weighted by molar-refractivity contribution is -0.149. The van der Waals surface area contributed by atoms with Crippen LogP contribution in [0.3, 0.4) is 0 Å². The average molecular weight is 222 g/mol. The highest BCUT2D eigenvalue weighted by molar-refractivity contribution is 5.85. The van der Waals surface area contributed by atoms with Crippen molar-refractivity contribution in [2.75, 3.05) is 13.1 Å². The number of hydrogen-bond donors (Lipinski definition) is 1. The lowest BCUT2D eigenvalue weighted by Gasteiger charge is -2.38. The van der Waals surface area contributed by atoms with Crippen molar-refractivity contribution >= 4 is 5.97 Å². The van der Waals surface area contributed by atoms with Crippen molar-refractivity contribution < 1.29 is 14.6 Å². The molecule has 5 nitrogen and oxygen atoms in total. The summed E-state index contributed by atoms with van der Waals surface area (Å²) in [5.41, 5.74) is -1.61. The zero-order chi connectivity index (χ0) is 11.8. The summed E-state index contributed by atoms with van der Waals surface area (Å²) in [7, 11) is 0. The number of fused-ring (bicyclic) bond motifs is 2. The zero-order valence-corrected chi connectivity index (χ0v) is 8.93. The van der Waals surface area contributed by atoms with Crippen LogP contribution in [0, 0.1) is 11.3 Å². The number of likely N-dealkylation sites (tertiary alicyclic amines) is 1. The number of rotatable bonds is 3. The Kier molecular flexibility index (Phi) is 2.70. The highest BCUT2D eigenvalue weighted by Crippen LogP contribution is 2.31. The Labute approximate surface area is 93.9 Å². The minimum absolute atomic E-state index is 0.0609. The summed E-state index contributed by atoms with van der Waals surface area (Å²) in [6.07, 6.45) is 3.22. The van der Waals surface area contributed by atoms with E-state index in [0.717, 1.165) is 12.8 Å². The quantitative estimate of drug-likeness (QED) is 0.699. The predicted molar refractivity (Wildman–Crippen MR) is 55.6 cm³/mol. The van der Waals surface area contributed by atoms with Gasteiger partial charge < -0.3 is 9.84 Å². The topological polar surface area (TPSA) is 73.6 Å². The summed E-state index contributed by atoms with van der Waals surface area (Å²) in [6, 6.07) is 1.86. The van der Waals surface area contributed by atoms with E-state index in [1.807, 2.05) is 6.07 Å². The number of carbonyl (C=O) groups is 1. The third-order valence-electron chi connectivity index (χ3n) is 3.33. The van der Waals surface area contributed by atoms with E-state index in [1.165, 1.54) is 6.08 Å². The van der Waals surface area contributed by atoms with Gasteiger partial charge in [-0.15, -0.1) is 0 Å². The largest absolute Gasteiger partial charge is 0.479 e. The normalized spacial score (nSPS) is 32.7. The van der Waals surface area contributed by atoms with Gasteiger partial charge in [0, 0.05) is 13.1 Å². The molecule has 2 heterocycles. The molecule has 0 aromatic rings. The first kappa shape index (κ1) is 11.1. The van der Waals surface area contributed by atoms with Crippen LogP contribution in [0.5, 0.6) is 0 Å². The minimum atomic E-state index is -1.61. The second kappa shape index (κ2) is 3.89. The Balaban J connectivity index is 2.25. The van der Waals surface area contributed by atoms with Gasteiger partial charge in [-0.2, -0.15) is 5.26 Å². The summed E-state index contributed by atoms with van der Waals surface area (Å²) in [5.74, 6) is -1.16. The van der Waals surface area contributed by atoms with Gasteiger partial charge in [-0.1, -0.05) is 6.58 Å². The van der Waals surface area contributed by atoms with E-state index in [0.29, 0.717) is 13.1 Å². The SMILES string of the molecule is C=CC(C#N)(C(=O)O)N1CC2CCC(C1)O2. The Morgan fingerprint density at radius 1 is 1.56 bits per heavy atom. The molecular weight excluding hydrogens is 208 g/mol. The van der Waals surface area contributed by atoms with Crippen molar-refractivity contribution in [1.82, 2.24) is 4.90 Å². The fraction of sp³-hybridized carbons (Fsp3) is 0.636. The van der Waals surface area contributed by atoms with Gasteiger partial charge in [0.2, 0.25) is 5.54 Å². The number of nitrogens with zero attached hydrogens (tertiary/aromatic N) is 2. The molecular formula is C11H14N2O3. The van der Waals surface area contributed by atoms with Gasteiger partial charge in [0.1, 0.15) is 6.07 Å². The van der Waals surface area contributed by atoms with Crippen LogP contribution in [-0.4, -0.2) is 46.8 Å². The highest BCUT2D eigenvalue weighted by atomic mass is 16.5. The van der Waals surface area contributed by atoms with Crippen LogP contribution >= 0.6 is 0 Å². The van der Waals surface area contributed by atoms with Crippen molar-refractivity contribution in [1.29, 1.82) is 5.26 Å². The van der Waals surface area contributed by atoms with E-state index in [1.54, 1.807) is 4.90 Å². The van der Waals surface area contributed by atoms with Gasteiger partial charge in [-0.25, -0.2) is 4.79 Å². The second-order valence-corrected chi connectivity index (χ2v) is 4.25. The number of hydrogen-bond acceptors (Lipinski definition) is 4. The molecule has 2 aliphatic heterocycles. The molecule has 86 valence electrons. The Morgan fingerprint density at radius 3 is 2.50 bits per heavy atom. The van der Waals surface area contributed by atoms with Gasteiger partial charge in [0.25, 0.3) is 0 Å². The molecule has 0 radical (unpaired) electrons. The van der Waals surface area contributed by atoms with Gasteiger partial charge in [-0.3, -0.25) is 4.90 Å². The van der Waals surface area contributed by atoms with Crippen molar-refractivity contribution in [2.45, 2.75) is 30.6 Å². The number of nitriles is 1. The Bertz CT molecular complexity index is 351. The molecule has 2 rings (SSSR count). The predicted octanol–water partition coefficient (Wildman–Crippen LogP) is 0.383. The molecule has 5 heteroatoms. The summed E-state index contributed by atoms with van der Waals surface area (Å²) < 4.78 is 5.61. The molecule has 0 amide bonds. The maximum atomic E-state index is 11.2. The van der Waals surface area contributed by atoms with Crippen molar-refractivity contribution in [3.63, 3.8) is 0 Å². The Hall–Kier alpha value is -1.38. The molecule has 1 N–H and O–H groups in total. The van der Waals surface area contributed by atoms with Crippen LogP contribution in [0.15, 0.2) is 12.7 Å². The van der Waals surface area contributed by atoms with Crippen LogP contribution in [-0.2, 0) is 9.53 Å². The van der Waals surface area contributed by atoms with Gasteiger partial charge >= 0.3 is 5.97 Å². The maximum absolute atomic E-state index is 11.2. The number of aliphatic carboxylic acids is 1. The van der Waals surface area contributed by atoms with E-state index in [4.69, 9.17) is 10.00 Å². The number of morpholine rings is 1. The summed E-state index contributed by atoms with van der Waals surface area (Å²) >= 11 is 0. The average Bonchev–Trinajstić information content (AvgIpc) is 2.60. The van der Waals surface area contributed by atoms with Crippen LogP contribution < -0.4 is 0 Å². The molecule has 3 unspecified atom stereocenters. The number of ether oxygens (including phenoxy) is 1. The standard InChI is InChI=1S/C11H14N2O3/c1-2-11(7-12,10(14)15)13-5-8-3-4-9(6-13)16-8/h2,8-9H,1,3-6H2,(H,14,15). The van der Waals surface area contributed by atoms with Crippen LogP contribution in [0.2, 0.25) is 0 Å². The first-order chi connectivity index (χ1) is 7.62. The first-order valence-corrected chi connectivity index (χ1v) is 5.31. The van der Waals surface area contributed by atoms with E-state index in [2.05, 4.69) is 6.58 Å². The Morgan fingerprint density at radius 2 is 2.12 bits per heavy atom. The molecule has 0 aromatic heterocycles. The third-order valence-corrected chi connectivity index (χ3v) is 3.33. The third kappa shape index (κ3) is 1.51. The fourth-order valence-electron chi connectivity index (χ4n) is 2.42. The molecule has 2 bridgehead atoms. The molecule has 16 heavy (non-hydrogen) atoms. The lowest BCUT2D eigenvalue weighted by atomic mass is 9.98. The molecule has 0 spiro atoms. The smallest absolute Gasteiger partial charge is 0.343 e. The summed E-state index contributed by atoms with van der Waals surface area (Å²) in [6.45, 7) is 4.46. The van der Waals surface area contributed by atoms with Crippen molar-refractivity contribution in [2.24, 2.45) is 0 Å². The molecule has 2 fully saturated rings.